The van der Waals surface area contributed by atoms with Crippen LogP contribution in [0.25, 0.3) is 0 Å². The fourth-order valence-corrected chi connectivity index (χ4v) is 2.31. The summed E-state index contributed by atoms with van der Waals surface area (Å²) in [4.78, 5) is 11.0. The molecule has 106 valence electrons. The summed E-state index contributed by atoms with van der Waals surface area (Å²) in [6, 6.07) is 0. The van der Waals surface area contributed by atoms with Crippen LogP contribution in [0.1, 0.15) is 33.1 Å². The summed E-state index contributed by atoms with van der Waals surface area (Å²) < 4.78 is 0. The first kappa shape index (κ1) is 14.6. The second-order valence-electron chi connectivity index (χ2n) is 5.46. The first-order valence-corrected chi connectivity index (χ1v) is 7.26. The Balaban J connectivity index is 0.000000157. The fourth-order valence-electron chi connectivity index (χ4n) is 2.31. The zero-order valence-corrected chi connectivity index (χ0v) is 12.2. The Hall–Kier alpha value is -1.83. The van der Waals surface area contributed by atoms with Crippen LogP contribution in [0, 0.1) is 11.8 Å². The molecule has 0 bridgehead atoms. The van der Waals surface area contributed by atoms with Crippen molar-refractivity contribution in [1.29, 1.82) is 0 Å². The third-order valence-electron chi connectivity index (χ3n) is 3.82. The van der Waals surface area contributed by atoms with E-state index in [2.05, 4.69) is 25.2 Å². The SMILES string of the molecule is CCC1=CC=C(C(C)=O)CC=C1.OC1=CC2CC2C=C1. The molecule has 0 heterocycles. The molecule has 3 aliphatic rings. The van der Waals surface area contributed by atoms with Crippen LogP contribution in [0.5, 0.6) is 0 Å². The van der Waals surface area contributed by atoms with Gasteiger partial charge in [-0.05, 0) is 61.3 Å². The van der Waals surface area contributed by atoms with E-state index >= 15 is 0 Å². The lowest BCUT2D eigenvalue weighted by Crippen LogP contribution is -1.93. The van der Waals surface area contributed by atoms with E-state index in [0.29, 0.717) is 11.7 Å². The monoisotopic (exact) mass is 270 g/mol. The van der Waals surface area contributed by atoms with E-state index in [4.69, 9.17) is 5.11 Å². The average molecular weight is 270 g/mol. The van der Waals surface area contributed by atoms with Crippen molar-refractivity contribution in [1.82, 2.24) is 0 Å². The number of Topliss-reactive ketones (excluding diaryl/α,β-unsaturated/α-hetero) is 1. The molecule has 1 fully saturated rings. The van der Waals surface area contributed by atoms with Crippen molar-refractivity contribution in [2.45, 2.75) is 33.1 Å². The zero-order valence-electron chi connectivity index (χ0n) is 12.2. The maximum Gasteiger partial charge on any atom is 0.156 e. The van der Waals surface area contributed by atoms with Gasteiger partial charge in [-0.25, -0.2) is 0 Å². The molecule has 0 aromatic carbocycles. The van der Waals surface area contributed by atoms with Crippen molar-refractivity contribution in [3.8, 4) is 0 Å². The normalized spacial score (nSPS) is 26.2. The van der Waals surface area contributed by atoms with E-state index in [-0.39, 0.29) is 5.78 Å². The van der Waals surface area contributed by atoms with Gasteiger partial charge in [-0.15, -0.1) is 0 Å². The standard InChI is InChI=1S/C11H14O.C7H8O/c1-3-10-5-4-6-11(8-7-10)9(2)12;8-7-2-1-5-3-6(5)4-7/h4-5,7-8H,3,6H2,1-2H3;1-2,4-6,8H,3H2. The van der Waals surface area contributed by atoms with Crippen LogP contribution in [0.4, 0.5) is 0 Å². The number of hydrogen-bond donors (Lipinski definition) is 1. The molecule has 2 heteroatoms. The maximum atomic E-state index is 11.0. The number of carbonyl (C=O) groups excluding carboxylic acids is 1. The van der Waals surface area contributed by atoms with Crippen molar-refractivity contribution in [2.75, 3.05) is 0 Å². The fraction of sp³-hybridized carbons (Fsp3) is 0.389. The largest absolute Gasteiger partial charge is 0.508 e. The van der Waals surface area contributed by atoms with Crippen LogP contribution in [-0.2, 0) is 4.79 Å². The van der Waals surface area contributed by atoms with Gasteiger partial charge >= 0.3 is 0 Å². The van der Waals surface area contributed by atoms with Gasteiger partial charge in [0.05, 0.1) is 0 Å². The highest BCUT2D eigenvalue weighted by Gasteiger charge is 2.34. The minimum absolute atomic E-state index is 0.174. The van der Waals surface area contributed by atoms with Crippen molar-refractivity contribution in [2.24, 2.45) is 11.8 Å². The molecule has 0 radical (unpaired) electrons. The second kappa shape index (κ2) is 6.56. The lowest BCUT2D eigenvalue weighted by Gasteiger charge is -1.95. The van der Waals surface area contributed by atoms with Crippen LogP contribution in [0.15, 0.2) is 59.4 Å². The van der Waals surface area contributed by atoms with Crippen LogP contribution in [0.3, 0.4) is 0 Å². The van der Waals surface area contributed by atoms with Gasteiger partial charge in [-0.3, -0.25) is 4.79 Å². The van der Waals surface area contributed by atoms with Crippen LogP contribution >= 0.6 is 0 Å². The quantitative estimate of drug-likeness (QED) is 0.805. The predicted octanol–water partition coefficient (Wildman–Crippen LogP) is 4.43. The van der Waals surface area contributed by atoms with Crippen LogP contribution in [-0.4, -0.2) is 10.9 Å². The van der Waals surface area contributed by atoms with E-state index in [9.17, 15) is 4.79 Å². The van der Waals surface area contributed by atoms with Gasteiger partial charge in [-0.2, -0.15) is 0 Å². The Labute approximate surface area is 120 Å². The van der Waals surface area contributed by atoms with E-state index < -0.39 is 0 Å². The predicted molar refractivity (Wildman–Crippen MR) is 82.3 cm³/mol. The summed E-state index contributed by atoms with van der Waals surface area (Å²) in [5, 5.41) is 8.88. The topological polar surface area (TPSA) is 37.3 Å². The minimum atomic E-state index is 0.174. The highest BCUT2D eigenvalue weighted by Crippen LogP contribution is 2.43. The van der Waals surface area contributed by atoms with Crippen LogP contribution in [0.2, 0.25) is 0 Å². The van der Waals surface area contributed by atoms with Gasteiger partial charge in [0.25, 0.3) is 0 Å². The first-order valence-electron chi connectivity index (χ1n) is 7.26. The summed E-state index contributed by atoms with van der Waals surface area (Å²) in [5.41, 5.74) is 2.18. The number of rotatable bonds is 2. The molecule has 0 aromatic heterocycles. The lowest BCUT2D eigenvalue weighted by atomic mass is 10.1. The molecule has 1 saturated carbocycles. The molecule has 2 atom stereocenters. The highest BCUT2D eigenvalue weighted by atomic mass is 16.3. The Bertz CT molecular complexity index is 530. The van der Waals surface area contributed by atoms with Crippen molar-refractivity contribution >= 4 is 5.78 Å². The smallest absolute Gasteiger partial charge is 0.156 e. The minimum Gasteiger partial charge on any atom is -0.508 e. The molecule has 20 heavy (non-hydrogen) atoms. The zero-order chi connectivity index (χ0) is 14.5. The maximum absolute atomic E-state index is 11.0. The molecular formula is C18H22O2. The Morgan fingerprint density at radius 3 is 2.70 bits per heavy atom. The second-order valence-corrected chi connectivity index (χ2v) is 5.46. The van der Waals surface area contributed by atoms with Gasteiger partial charge in [0.15, 0.2) is 5.78 Å². The molecule has 0 amide bonds. The third-order valence-corrected chi connectivity index (χ3v) is 3.82. The number of aliphatic hydroxyl groups excluding tert-OH is 1. The van der Waals surface area contributed by atoms with Crippen molar-refractivity contribution < 1.29 is 9.90 Å². The summed E-state index contributed by atoms with van der Waals surface area (Å²) >= 11 is 0. The first-order chi connectivity index (χ1) is 9.60. The summed E-state index contributed by atoms with van der Waals surface area (Å²) in [5.74, 6) is 2.07. The Kier molecular flexibility index (Phi) is 4.78. The number of fused-ring (bicyclic) bond motifs is 1. The molecule has 0 aliphatic heterocycles. The van der Waals surface area contributed by atoms with Gasteiger partial charge in [0, 0.05) is 0 Å². The van der Waals surface area contributed by atoms with E-state index in [1.807, 2.05) is 18.2 Å². The number of carbonyl (C=O) groups is 1. The number of ketones is 1. The molecule has 2 nitrogen and oxygen atoms in total. The number of allylic oxidation sites excluding steroid dienone is 9. The summed E-state index contributed by atoms with van der Waals surface area (Å²) in [6.07, 6.45) is 17.0. The Morgan fingerprint density at radius 2 is 2.10 bits per heavy atom. The van der Waals surface area contributed by atoms with Gasteiger partial charge in [-0.1, -0.05) is 37.3 Å². The van der Waals surface area contributed by atoms with Gasteiger partial charge in [0.2, 0.25) is 0 Å². The molecule has 3 aliphatic carbocycles. The molecule has 0 aromatic rings. The van der Waals surface area contributed by atoms with E-state index in [1.165, 1.54) is 12.0 Å². The van der Waals surface area contributed by atoms with Gasteiger partial charge in [0.1, 0.15) is 5.76 Å². The third kappa shape index (κ3) is 4.09. The molecule has 0 saturated heterocycles. The molecule has 1 N–H and O–H groups in total. The van der Waals surface area contributed by atoms with E-state index in [0.717, 1.165) is 24.3 Å². The average Bonchev–Trinajstić information content (AvgIpc) is 3.20. The lowest BCUT2D eigenvalue weighted by molar-refractivity contribution is -0.113. The highest BCUT2D eigenvalue weighted by molar-refractivity contribution is 5.93. The van der Waals surface area contributed by atoms with Crippen LogP contribution < -0.4 is 0 Å². The van der Waals surface area contributed by atoms with Gasteiger partial charge < -0.3 is 5.11 Å². The summed E-state index contributed by atoms with van der Waals surface area (Å²) in [7, 11) is 0. The van der Waals surface area contributed by atoms with Crippen molar-refractivity contribution in [3.63, 3.8) is 0 Å². The molecule has 0 spiro atoms. The number of hydrogen-bond acceptors (Lipinski definition) is 2. The summed E-state index contributed by atoms with van der Waals surface area (Å²) in [6.45, 7) is 3.73. The Morgan fingerprint density at radius 1 is 1.30 bits per heavy atom. The number of aliphatic hydroxyl groups is 1. The molecule has 2 unspecified atom stereocenters. The molecule has 3 rings (SSSR count). The molecular weight excluding hydrogens is 248 g/mol. The van der Waals surface area contributed by atoms with E-state index in [1.54, 1.807) is 13.0 Å². The van der Waals surface area contributed by atoms with Crippen molar-refractivity contribution in [3.05, 3.63) is 59.4 Å².